The van der Waals surface area contributed by atoms with Gasteiger partial charge in [-0.15, -0.1) is 0 Å². The summed E-state index contributed by atoms with van der Waals surface area (Å²) in [6.07, 6.45) is 6.78. The van der Waals surface area contributed by atoms with Crippen LogP contribution in [-0.2, 0) is 6.42 Å². The molecule has 0 fully saturated rings. The molecule has 126 valence electrons. The maximum absolute atomic E-state index is 4.76. The Morgan fingerprint density at radius 1 is 1.00 bits per heavy atom. The second-order valence-electron chi connectivity index (χ2n) is 7.18. The van der Waals surface area contributed by atoms with Gasteiger partial charge in [-0.05, 0) is 49.1 Å². The third-order valence-corrected chi connectivity index (χ3v) is 5.44. The molecule has 0 N–H and O–H groups in total. The van der Waals surface area contributed by atoms with Crippen molar-refractivity contribution in [2.75, 3.05) is 18.0 Å². The predicted molar refractivity (Wildman–Crippen MR) is 104 cm³/mol. The molecular weight excluding hydrogens is 306 g/mol. The highest BCUT2D eigenvalue weighted by Gasteiger charge is 2.32. The van der Waals surface area contributed by atoms with E-state index in [1.807, 2.05) is 0 Å². The Labute approximate surface area is 149 Å². The van der Waals surface area contributed by atoms with Crippen molar-refractivity contribution in [3.05, 3.63) is 71.1 Å². The van der Waals surface area contributed by atoms with Gasteiger partial charge in [0.15, 0.2) is 0 Å². The van der Waals surface area contributed by atoms with Gasteiger partial charge in [-0.25, -0.2) is 0 Å². The number of nitrogens with zero attached hydrogens (tertiary/aromatic N) is 3. The fraction of sp³-hybridized carbons (Fsp3) is 0.318. The molecule has 3 heteroatoms. The molecule has 0 aromatic heterocycles. The third kappa shape index (κ3) is 2.38. The third-order valence-electron chi connectivity index (χ3n) is 5.44. The van der Waals surface area contributed by atoms with Gasteiger partial charge in [-0.1, -0.05) is 35.9 Å². The van der Waals surface area contributed by atoms with Crippen LogP contribution in [-0.4, -0.2) is 23.8 Å². The second kappa shape index (κ2) is 5.76. The van der Waals surface area contributed by atoms with Gasteiger partial charge in [0.2, 0.25) is 0 Å². The topological polar surface area (TPSA) is 18.8 Å². The molecule has 25 heavy (non-hydrogen) atoms. The summed E-state index contributed by atoms with van der Waals surface area (Å²) < 4.78 is 0. The number of hydrogen-bond donors (Lipinski definition) is 0. The second-order valence-corrected chi connectivity index (χ2v) is 7.18. The number of para-hydroxylation sites is 1. The van der Waals surface area contributed by atoms with Crippen LogP contribution in [0.1, 0.15) is 36.0 Å². The van der Waals surface area contributed by atoms with E-state index >= 15 is 0 Å². The molecule has 0 saturated heterocycles. The van der Waals surface area contributed by atoms with Crippen LogP contribution in [0.3, 0.4) is 0 Å². The molecule has 2 aromatic carbocycles. The van der Waals surface area contributed by atoms with E-state index in [-0.39, 0.29) is 0 Å². The van der Waals surface area contributed by atoms with Crippen LogP contribution in [0.4, 0.5) is 11.4 Å². The molecule has 0 atom stereocenters. The smallest absolute Gasteiger partial charge is 0.114 e. The highest BCUT2D eigenvalue weighted by Crippen LogP contribution is 2.43. The molecule has 3 heterocycles. The standard InChI is InChI=1S/C22H23N3/c1-16-10-11-20-18(14-16)15-17-6-2-3-7-19(17)25(20)22-9-5-13-24(22)21-8-4-12-23-21/h2-3,6-7,9-11,14H,4-5,8,12-13,15H2,1H3. The summed E-state index contributed by atoms with van der Waals surface area (Å²) in [6, 6.07) is 15.7. The van der Waals surface area contributed by atoms with Crippen molar-refractivity contribution in [1.82, 2.24) is 4.90 Å². The number of fused-ring (bicyclic) bond motifs is 2. The first-order valence-electron chi connectivity index (χ1n) is 9.30. The summed E-state index contributed by atoms with van der Waals surface area (Å²) in [5.41, 5.74) is 6.79. The average Bonchev–Trinajstić information content (AvgIpc) is 3.30. The lowest BCUT2D eigenvalue weighted by molar-refractivity contribution is 0.541. The molecule has 0 bridgehead atoms. The van der Waals surface area contributed by atoms with Crippen molar-refractivity contribution in [2.45, 2.75) is 32.6 Å². The minimum atomic E-state index is 0.978. The number of benzene rings is 2. The first-order valence-corrected chi connectivity index (χ1v) is 9.30. The maximum Gasteiger partial charge on any atom is 0.114 e. The fourth-order valence-corrected chi connectivity index (χ4v) is 4.30. The van der Waals surface area contributed by atoms with E-state index in [2.05, 4.69) is 65.3 Å². The van der Waals surface area contributed by atoms with Crippen LogP contribution in [0, 0.1) is 6.92 Å². The lowest BCUT2D eigenvalue weighted by Gasteiger charge is -2.38. The summed E-state index contributed by atoms with van der Waals surface area (Å²) in [5, 5.41) is 0. The van der Waals surface area contributed by atoms with Crippen molar-refractivity contribution in [2.24, 2.45) is 4.99 Å². The van der Waals surface area contributed by atoms with Crippen LogP contribution in [0.15, 0.2) is 59.4 Å². The zero-order valence-corrected chi connectivity index (χ0v) is 14.7. The van der Waals surface area contributed by atoms with E-state index in [0.717, 1.165) is 32.4 Å². The van der Waals surface area contributed by atoms with Gasteiger partial charge in [0.05, 0.1) is 11.4 Å². The molecule has 2 aromatic rings. The molecule has 0 amide bonds. The highest BCUT2D eigenvalue weighted by molar-refractivity contribution is 5.88. The lowest BCUT2D eigenvalue weighted by Crippen LogP contribution is -2.36. The van der Waals surface area contributed by atoms with Crippen LogP contribution < -0.4 is 4.90 Å². The number of anilines is 2. The SMILES string of the molecule is Cc1ccc2c(c1)Cc1ccccc1N2C1=CCCN1C1=NCCC1. The largest absolute Gasteiger partial charge is 0.316 e. The Bertz CT molecular complexity index is 894. The van der Waals surface area contributed by atoms with Gasteiger partial charge < -0.3 is 4.90 Å². The van der Waals surface area contributed by atoms with Gasteiger partial charge in [0, 0.05) is 25.9 Å². The molecule has 3 aliphatic rings. The molecule has 0 spiro atoms. The molecule has 3 aliphatic heterocycles. The Morgan fingerprint density at radius 2 is 1.88 bits per heavy atom. The first-order chi connectivity index (χ1) is 12.3. The van der Waals surface area contributed by atoms with Crippen molar-refractivity contribution in [3.63, 3.8) is 0 Å². The molecule has 0 saturated carbocycles. The van der Waals surface area contributed by atoms with Gasteiger partial charge in [0.1, 0.15) is 11.7 Å². The summed E-state index contributed by atoms with van der Waals surface area (Å²) in [7, 11) is 0. The van der Waals surface area contributed by atoms with E-state index in [1.54, 1.807) is 0 Å². The summed E-state index contributed by atoms with van der Waals surface area (Å²) in [6.45, 7) is 4.21. The quantitative estimate of drug-likeness (QED) is 0.750. The zero-order valence-electron chi connectivity index (χ0n) is 14.7. The Balaban J connectivity index is 1.65. The van der Waals surface area contributed by atoms with E-state index < -0.39 is 0 Å². The molecule has 5 rings (SSSR count). The predicted octanol–water partition coefficient (Wildman–Crippen LogP) is 4.78. The monoisotopic (exact) mass is 329 g/mol. The summed E-state index contributed by atoms with van der Waals surface area (Å²) in [4.78, 5) is 9.67. The maximum atomic E-state index is 4.76. The fourth-order valence-electron chi connectivity index (χ4n) is 4.30. The summed E-state index contributed by atoms with van der Waals surface area (Å²) >= 11 is 0. The van der Waals surface area contributed by atoms with Crippen molar-refractivity contribution >= 4 is 17.2 Å². The van der Waals surface area contributed by atoms with E-state index in [9.17, 15) is 0 Å². The molecule has 3 nitrogen and oxygen atoms in total. The van der Waals surface area contributed by atoms with E-state index in [1.165, 1.54) is 46.1 Å². The Morgan fingerprint density at radius 3 is 2.76 bits per heavy atom. The van der Waals surface area contributed by atoms with Gasteiger partial charge in [-0.3, -0.25) is 9.89 Å². The van der Waals surface area contributed by atoms with E-state index in [4.69, 9.17) is 4.99 Å². The number of rotatable bonds is 1. The Kier molecular flexibility index (Phi) is 3.40. The van der Waals surface area contributed by atoms with Gasteiger partial charge in [-0.2, -0.15) is 0 Å². The average molecular weight is 329 g/mol. The van der Waals surface area contributed by atoms with Crippen molar-refractivity contribution < 1.29 is 0 Å². The highest BCUT2D eigenvalue weighted by atomic mass is 15.4. The van der Waals surface area contributed by atoms with Crippen LogP contribution in [0.25, 0.3) is 0 Å². The van der Waals surface area contributed by atoms with E-state index in [0.29, 0.717) is 0 Å². The Hall–Kier alpha value is -2.55. The number of hydrogen-bond acceptors (Lipinski definition) is 3. The van der Waals surface area contributed by atoms with Gasteiger partial charge in [0.25, 0.3) is 0 Å². The minimum absolute atomic E-state index is 0.978. The molecular formula is C22H23N3. The van der Waals surface area contributed by atoms with Crippen LogP contribution in [0.2, 0.25) is 0 Å². The van der Waals surface area contributed by atoms with Crippen LogP contribution in [0.5, 0.6) is 0 Å². The molecule has 0 radical (unpaired) electrons. The minimum Gasteiger partial charge on any atom is -0.316 e. The van der Waals surface area contributed by atoms with Crippen molar-refractivity contribution in [3.8, 4) is 0 Å². The normalized spacial score (nSPS) is 18.8. The summed E-state index contributed by atoms with van der Waals surface area (Å²) in [5.74, 6) is 2.55. The molecule has 0 unspecified atom stereocenters. The number of aliphatic imine (C=N–C) groups is 1. The van der Waals surface area contributed by atoms with Crippen molar-refractivity contribution in [1.29, 1.82) is 0 Å². The van der Waals surface area contributed by atoms with Crippen LogP contribution >= 0.6 is 0 Å². The number of amidine groups is 1. The number of aryl methyl sites for hydroxylation is 1. The molecule has 0 aliphatic carbocycles. The first kappa shape index (κ1) is 14.8. The zero-order chi connectivity index (χ0) is 16.8. The lowest BCUT2D eigenvalue weighted by atomic mass is 9.94. The van der Waals surface area contributed by atoms with Gasteiger partial charge >= 0.3 is 0 Å².